The Kier molecular flexibility index (Phi) is 3.64. The van der Waals surface area contributed by atoms with Gasteiger partial charge in [0.15, 0.2) is 0 Å². The van der Waals surface area contributed by atoms with Crippen molar-refractivity contribution >= 4 is 23.2 Å². The monoisotopic (exact) mass is 212 g/mol. The number of rotatable bonds is 4. The molecule has 0 aliphatic heterocycles. The van der Waals surface area contributed by atoms with Gasteiger partial charge in [0.25, 0.3) is 5.91 Å². The van der Waals surface area contributed by atoms with Gasteiger partial charge in [-0.1, -0.05) is 6.92 Å². The largest absolute Gasteiger partial charge is 0.368 e. The van der Waals surface area contributed by atoms with Crippen LogP contribution in [0.5, 0.6) is 0 Å². The second-order valence-electron chi connectivity index (χ2n) is 2.77. The van der Waals surface area contributed by atoms with Crippen molar-refractivity contribution in [3.8, 4) is 0 Å². The zero-order chi connectivity index (χ0) is 10.6. The van der Waals surface area contributed by atoms with E-state index < -0.39 is 5.91 Å². The van der Waals surface area contributed by atoms with Gasteiger partial charge in [0, 0.05) is 4.88 Å². The third kappa shape index (κ3) is 2.85. The van der Waals surface area contributed by atoms with Crippen LogP contribution in [0.4, 0.5) is 0 Å². The van der Waals surface area contributed by atoms with Gasteiger partial charge in [-0.2, -0.15) is 0 Å². The fourth-order valence-corrected chi connectivity index (χ4v) is 1.81. The van der Waals surface area contributed by atoms with Crippen molar-refractivity contribution in [2.45, 2.75) is 13.3 Å². The summed E-state index contributed by atoms with van der Waals surface area (Å²) < 4.78 is 0. The molecule has 0 saturated heterocycles. The second kappa shape index (κ2) is 4.76. The lowest BCUT2D eigenvalue weighted by atomic mass is 10.3. The average molecular weight is 212 g/mol. The third-order valence-corrected chi connectivity index (χ3v) is 2.89. The number of primary amides is 1. The lowest BCUT2D eigenvalue weighted by Gasteiger charge is -1.98. The van der Waals surface area contributed by atoms with E-state index in [0.717, 1.165) is 11.3 Å². The number of thiophene rings is 1. The smallest absolute Gasteiger partial charge is 0.261 e. The van der Waals surface area contributed by atoms with Crippen LogP contribution < -0.4 is 11.1 Å². The SMILES string of the molecule is CCc1ccc(C(=O)NCC(N)=O)s1. The van der Waals surface area contributed by atoms with Crippen molar-refractivity contribution in [1.82, 2.24) is 5.32 Å². The molecule has 1 rings (SSSR count). The third-order valence-electron chi connectivity index (χ3n) is 1.66. The van der Waals surface area contributed by atoms with E-state index in [4.69, 9.17) is 5.73 Å². The molecule has 2 amide bonds. The standard InChI is InChI=1S/C9H12N2O2S/c1-2-6-3-4-7(14-6)9(13)11-5-8(10)12/h3-4H,2,5H2,1H3,(H2,10,12)(H,11,13). The zero-order valence-corrected chi connectivity index (χ0v) is 8.69. The molecule has 0 atom stereocenters. The highest BCUT2D eigenvalue weighted by Gasteiger charge is 2.08. The Bertz CT molecular complexity index is 346. The summed E-state index contributed by atoms with van der Waals surface area (Å²) in [6.07, 6.45) is 0.910. The zero-order valence-electron chi connectivity index (χ0n) is 7.87. The Morgan fingerprint density at radius 3 is 2.71 bits per heavy atom. The molecule has 0 spiro atoms. The summed E-state index contributed by atoms with van der Waals surface area (Å²) in [6.45, 7) is 1.91. The maximum Gasteiger partial charge on any atom is 0.261 e. The molecule has 3 N–H and O–H groups in total. The summed E-state index contributed by atoms with van der Waals surface area (Å²) in [4.78, 5) is 23.5. The summed E-state index contributed by atoms with van der Waals surface area (Å²) in [7, 11) is 0. The summed E-state index contributed by atoms with van der Waals surface area (Å²) in [5, 5.41) is 2.43. The molecule has 0 fully saturated rings. The van der Waals surface area contributed by atoms with Crippen molar-refractivity contribution in [2.24, 2.45) is 5.73 Å². The van der Waals surface area contributed by atoms with Crippen LogP contribution in [0.3, 0.4) is 0 Å². The van der Waals surface area contributed by atoms with Crippen molar-refractivity contribution in [3.05, 3.63) is 21.9 Å². The lowest BCUT2D eigenvalue weighted by molar-refractivity contribution is -0.117. The Morgan fingerprint density at radius 1 is 1.50 bits per heavy atom. The van der Waals surface area contributed by atoms with Crippen LogP contribution >= 0.6 is 11.3 Å². The molecular weight excluding hydrogens is 200 g/mol. The molecule has 1 heterocycles. The first-order chi connectivity index (χ1) is 6.63. The van der Waals surface area contributed by atoms with Crippen molar-refractivity contribution < 1.29 is 9.59 Å². The number of aryl methyl sites for hydroxylation is 1. The summed E-state index contributed by atoms with van der Waals surface area (Å²) in [5.41, 5.74) is 4.90. The highest BCUT2D eigenvalue weighted by Crippen LogP contribution is 2.16. The second-order valence-corrected chi connectivity index (χ2v) is 3.94. The van der Waals surface area contributed by atoms with Gasteiger partial charge in [-0.15, -0.1) is 11.3 Å². The van der Waals surface area contributed by atoms with Gasteiger partial charge in [0.05, 0.1) is 11.4 Å². The van der Waals surface area contributed by atoms with E-state index in [2.05, 4.69) is 5.32 Å². The first-order valence-corrected chi connectivity index (χ1v) is 5.10. The normalized spacial score (nSPS) is 9.79. The summed E-state index contributed by atoms with van der Waals surface area (Å²) in [5.74, 6) is -0.779. The van der Waals surface area contributed by atoms with Crippen LogP contribution in [0, 0.1) is 0 Å². The molecule has 0 unspecified atom stereocenters. The lowest BCUT2D eigenvalue weighted by Crippen LogP contribution is -2.32. The molecule has 0 bridgehead atoms. The fraction of sp³-hybridized carbons (Fsp3) is 0.333. The van der Waals surface area contributed by atoms with Crippen molar-refractivity contribution in [3.63, 3.8) is 0 Å². The van der Waals surface area contributed by atoms with Crippen LogP contribution in [0.15, 0.2) is 12.1 Å². The predicted octanol–water partition coefficient (Wildman–Crippen LogP) is 0.526. The molecule has 0 aromatic carbocycles. The minimum atomic E-state index is -0.536. The van der Waals surface area contributed by atoms with E-state index >= 15 is 0 Å². The van der Waals surface area contributed by atoms with Crippen LogP contribution in [0.2, 0.25) is 0 Å². The maximum atomic E-state index is 11.4. The van der Waals surface area contributed by atoms with E-state index in [1.165, 1.54) is 11.3 Å². The van der Waals surface area contributed by atoms with Crippen molar-refractivity contribution in [2.75, 3.05) is 6.54 Å². The number of nitrogens with one attached hydrogen (secondary N) is 1. The molecule has 0 saturated carbocycles. The van der Waals surface area contributed by atoms with E-state index in [0.29, 0.717) is 4.88 Å². The Morgan fingerprint density at radius 2 is 2.21 bits per heavy atom. The fourth-order valence-electron chi connectivity index (χ4n) is 0.944. The maximum absolute atomic E-state index is 11.4. The number of hydrogen-bond donors (Lipinski definition) is 2. The first kappa shape index (κ1) is 10.7. The van der Waals surface area contributed by atoms with Crippen LogP contribution in [-0.4, -0.2) is 18.4 Å². The van der Waals surface area contributed by atoms with Gasteiger partial charge in [0.2, 0.25) is 5.91 Å². The van der Waals surface area contributed by atoms with Gasteiger partial charge >= 0.3 is 0 Å². The highest BCUT2D eigenvalue weighted by atomic mass is 32.1. The molecule has 0 aliphatic rings. The van der Waals surface area contributed by atoms with Crippen molar-refractivity contribution in [1.29, 1.82) is 0 Å². The molecule has 0 aliphatic carbocycles. The Labute approximate surface area is 86.1 Å². The Balaban J connectivity index is 2.56. The molecule has 76 valence electrons. The van der Waals surface area contributed by atoms with E-state index in [1.807, 2.05) is 13.0 Å². The van der Waals surface area contributed by atoms with E-state index in [1.54, 1.807) is 6.07 Å². The summed E-state index contributed by atoms with van der Waals surface area (Å²) in [6, 6.07) is 3.66. The van der Waals surface area contributed by atoms with Gasteiger partial charge in [-0.25, -0.2) is 0 Å². The summed E-state index contributed by atoms with van der Waals surface area (Å²) >= 11 is 1.43. The highest BCUT2D eigenvalue weighted by molar-refractivity contribution is 7.14. The molecule has 4 nitrogen and oxygen atoms in total. The van der Waals surface area contributed by atoms with Crippen LogP contribution in [0.1, 0.15) is 21.5 Å². The number of hydrogen-bond acceptors (Lipinski definition) is 3. The minimum Gasteiger partial charge on any atom is -0.368 e. The number of nitrogens with two attached hydrogens (primary N) is 1. The molecule has 5 heteroatoms. The van der Waals surface area contributed by atoms with Gasteiger partial charge in [-0.3, -0.25) is 9.59 Å². The van der Waals surface area contributed by atoms with Gasteiger partial charge < -0.3 is 11.1 Å². The topological polar surface area (TPSA) is 72.2 Å². The first-order valence-electron chi connectivity index (χ1n) is 4.28. The number of carbonyl (C=O) groups excluding carboxylic acids is 2. The van der Waals surface area contributed by atoms with Gasteiger partial charge in [0.1, 0.15) is 0 Å². The molecule has 14 heavy (non-hydrogen) atoms. The quantitative estimate of drug-likeness (QED) is 0.764. The average Bonchev–Trinajstić information content (AvgIpc) is 2.62. The van der Waals surface area contributed by atoms with E-state index in [9.17, 15) is 9.59 Å². The number of carbonyl (C=O) groups is 2. The molecular formula is C9H12N2O2S. The van der Waals surface area contributed by atoms with Crippen LogP contribution in [-0.2, 0) is 11.2 Å². The predicted molar refractivity (Wildman–Crippen MR) is 55.2 cm³/mol. The van der Waals surface area contributed by atoms with E-state index in [-0.39, 0.29) is 12.5 Å². The Hall–Kier alpha value is -1.36. The van der Waals surface area contributed by atoms with Gasteiger partial charge in [-0.05, 0) is 18.6 Å². The molecule has 0 radical (unpaired) electrons. The number of amides is 2. The van der Waals surface area contributed by atoms with Crippen LogP contribution in [0.25, 0.3) is 0 Å². The molecule has 1 aromatic heterocycles. The minimum absolute atomic E-state index is 0.113. The molecule has 1 aromatic rings.